The van der Waals surface area contributed by atoms with Crippen LogP contribution in [0.25, 0.3) is 0 Å². The number of carboxylic acids is 1. The molecule has 0 spiro atoms. The van der Waals surface area contributed by atoms with Gasteiger partial charge in [-0.25, -0.2) is 0 Å². The Labute approximate surface area is 133 Å². The van der Waals surface area contributed by atoms with E-state index in [0.717, 1.165) is 38.5 Å². The summed E-state index contributed by atoms with van der Waals surface area (Å²) < 4.78 is 28.5. The van der Waals surface area contributed by atoms with Gasteiger partial charge in [0, 0.05) is 32.6 Å². The van der Waals surface area contributed by atoms with Crippen LogP contribution in [0.1, 0.15) is 51.9 Å². The Kier molecular flexibility index (Phi) is 5.85. The normalized spacial score (nSPS) is 24.0. The van der Waals surface area contributed by atoms with Crippen molar-refractivity contribution in [2.75, 3.05) is 20.1 Å². The van der Waals surface area contributed by atoms with Crippen molar-refractivity contribution in [2.45, 2.75) is 57.9 Å². The number of nitrogens with zero attached hydrogens (tertiary/aromatic N) is 2. The molecule has 128 valence electrons. The Morgan fingerprint density at radius 3 is 2.27 bits per heavy atom. The van der Waals surface area contributed by atoms with E-state index >= 15 is 0 Å². The second kappa shape index (κ2) is 7.27. The Morgan fingerprint density at radius 1 is 1.23 bits per heavy atom. The van der Waals surface area contributed by atoms with E-state index in [9.17, 15) is 13.2 Å². The molecule has 1 heterocycles. The Bertz CT molecular complexity index is 480. The number of aliphatic carboxylic acids is 1. The van der Waals surface area contributed by atoms with Crippen molar-refractivity contribution < 1.29 is 18.3 Å². The van der Waals surface area contributed by atoms with E-state index in [4.69, 9.17) is 5.11 Å². The summed E-state index contributed by atoms with van der Waals surface area (Å²) in [5, 5.41) is 8.88. The van der Waals surface area contributed by atoms with Crippen molar-refractivity contribution in [3.63, 3.8) is 0 Å². The quantitative estimate of drug-likeness (QED) is 0.806. The average Bonchev–Trinajstić information content (AvgIpc) is 3.00. The predicted molar refractivity (Wildman–Crippen MR) is 84.7 cm³/mol. The molecule has 1 aliphatic carbocycles. The molecule has 22 heavy (non-hydrogen) atoms. The lowest BCUT2D eigenvalue weighted by Gasteiger charge is -2.37. The van der Waals surface area contributed by atoms with Crippen LogP contribution in [0.5, 0.6) is 0 Å². The smallest absolute Gasteiger partial charge is 0.303 e. The van der Waals surface area contributed by atoms with Gasteiger partial charge in [-0.1, -0.05) is 19.8 Å². The first-order chi connectivity index (χ1) is 10.3. The molecule has 1 saturated heterocycles. The average molecular weight is 332 g/mol. The number of piperidine rings is 1. The third-order valence-corrected chi connectivity index (χ3v) is 7.37. The van der Waals surface area contributed by atoms with Crippen molar-refractivity contribution in [2.24, 2.45) is 11.8 Å². The molecule has 2 rings (SSSR count). The van der Waals surface area contributed by atoms with Crippen molar-refractivity contribution in [3.8, 4) is 0 Å². The molecule has 6 nitrogen and oxygen atoms in total. The Hall–Kier alpha value is -0.660. The van der Waals surface area contributed by atoms with Crippen LogP contribution in [0.2, 0.25) is 0 Å². The summed E-state index contributed by atoms with van der Waals surface area (Å²) in [6.45, 7) is 2.97. The summed E-state index contributed by atoms with van der Waals surface area (Å²) in [5.74, 6) is -0.363. The number of hydrogen-bond acceptors (Lipinski definition) is 3. The molecule has 0 aromatic heterocycles. The topological polar surface area (TPSA) is 77.9 Å². The summed E-state index contributed by atoms with van der Waals surface area (Å²) >= 11 is 0. The van der Waals surface area contributed by atoms with E-state index in [1.807, 2.05) is 6.92 Å². The molecule has 0 bridgehead atoms. The molecular weight excluding hydrogens is 304 g/mol. The molecule has 1 atom stereocenters. The number of carboxylic acid groups (broad SMARTS) is 1. The molecule has 1 unspecified atom stereocenters. The van der Waals surface area contributed by atoms with Gasteiger partial charge < -0.3 is 5.11 Å². The lowest BCUT2D eigenvalue weighted by molar-refractivity contribution is -0.138. The van der Waals surface area contributed by atoms with E-state index in [2.05, 4.69) is 0 Å². The summed E-state index contributed by atoms with van der Waals surface area (Å²) in [6, 6.07) is 0.147. The molecular formula is C15H28N2O4S. The zero-order valence-electron chi connectivity index (χ0n) is 13.6. The van der Waals surface area contributed by atoms with E-state index in [1.165, 1.54) is 0 Å². The fourth-order valence-corrected chi connectivity index (χ4v) is 5.38. The lowest BCUT2D eigenvalue weighted by atomic mass is 9.84. The summed E-state index contributed by atoms with van der Waals surface area (Å²) in [5.41, 5.74) is 0. The first kappa shape index (κ1) is 17.7. The minimum absolute atomic E-state index is 0.106. The van der Waals surface area contributed by atoms with Crippen LogP contribution < -0.4 is 0 Å². The zero-order valence-corrected chi connectivity index (χ0v) is 14.4. The zero-order chi connectivity index (χ0) is 16.3. The standard InChI is InChI=1S/C15H28N2O4S/c1-12(11-15(18)19)13-7-9-17(10-8-13)22(20,21)16(2)14-5-3-4-6-14/h12-14H,3-11H2,1-2H3,(H,18,19). The van der Waals surface area contributed by atoms with E-state index in [1.54, 1.807) is 15.7 Å². The van der Waals surface area contributed by atoms with E-state index in [0.29, 0.717) is 19.0 Å². The van der Waals surface area contributed by atoms with E-state index < -0.39 is 16.2 Å². The minimum atomic E-state index is -3.37. The van der Waals surface area contributed by atoms with Gasteiger partial charge in [0.15, 0.2) is 0 Å². The first-order valence-electron chi connectivity index (χ1n) is 8.27. The molecule has 2 fully saturated rings. The van der Waals surface area contributed by atoms with Gasteiger partial charge in [-0.2, -0.15) is 17.0 Å². The number of rotatable bonds is 6. The number of carbonyl (C=O) groups is 1. The largest absolute Gasteiger partial charge is 0.481 e. The molecule has 1 aliphatic heterocycles. The maximum absolute atomic E-state index is 12.7. The van der Waals surface area contributed by atoms with Crippen molar-refractivity contribution in [3.05, 3.63) is 0 Å². The lowest BCUT2D eigenvalue weighted by Crippen LogP contribution is -2.49. The van der Waals surface area contributed by atoms with Crippen LogP contribution in [-0.4, -0.2) is 54.3 Å². The van der Waals surface area contributed by atoms with Crippen LogP contribution in [0.3, 0.4) is 0 Å². The van der Waals surface area contributed by atoms with Gasteiger partial charge in [0.1, 0.15) is 0 Å². The van der Waals surface area contributed by atoms with Crippen LogP contribution in [-0.2, 0) is 15.0 Å². The highest BCUT2D eigenvalue weighted by atomic mass is 32.2. The molecule has 2 aliphatic rings. The van der Waals surface area contributed by atoms with Crippen molar-refractivity contribution >= 4 is 16.2 Å². The van der Waals surface area contributed by atoms with Gasteiger partial charge in [0.25, 0.3) is 10.2 Å². The van der Waals surface area contributed by atoms with Gasteiger partial charge in [0.2, 0.25) is 0 Å². The van der Waals surface area contributed by atoms with Gasteiger partial charge in [-0.3, -0.25) is 4.79 Å². The van der Waals surface area contributed by atoms with Crippen LogP contribution >= 0.6 is 0 Å². The van der Waals surface area contributed by atoms with Gasteiger partial charge in [-0.05, 0) is 37.5 Å². The third-order valence-electron chi connectivity index (χ3n) is 5.33. The van der Waals surface area contributed by atoms with Gasteiger partial charge >= 0.3 is 5.97 Å². The predicted octanol–water partition coefficient (Wildman–Crippen LogP) is 1.93. The molecule has 7 heteroatoms. The fourth-order valence-electron chi connectivity index (χ4n) is 3.76. The Balaban J connectivity index is 1.91. The molecule has 0 aromatic carbocycles. The monoisotopic (exact) mass is 332 g/mol. The summed E-state index contributed by atoms with van der Waals surface area (Å²) in [4.78, 5) is 10.8. The minimum Gasteiger partial charge on any atom is -0.481 e. The van der Waals surface area contributed by atoms with Crippen LogP contribution in [0, 0.1) is 11.8 Å². The third kappa shape index (κ3) is 4.00. The Morgan fingerprint density at radius 2 is 1.77 bits per heavy atom. The van der Waals surface area contributed by atoms with Crippen LogP contribution in [0.15, 0.2) is 0 Å². The highest BCUT2D eigenvalue weighted by Gasteiger charge is 2.36. The molecule has 0 aromatic rings. The molecule has 1 N–H and O–H groups in total. The highest BCUT2D eigenvalue weighted by molar-refractivity contribution is 7.86. The van der Waals surface area contributed by atoms with Crippen LogP contribution in [0.4, 0.5) is 0 Å². The first-order valence-corrected chi connectivity index (χ1v) is 9.67. The molecule has 0 amide bonds. The van der Waals surface area contributed by atoms with Gasteiger partial charge in [-0.15, -0.1) is 0 Å². The van der Waals surface area contributed by atoms with Crippen molar-refractivity contribution in [1.29, 1.82) is 0 Å². The second-order valence-corrected chi connectivity index (χ2v) is 8.76. The van der Waals surface area contributed by atoms with Gasteiger partial charge in [0.05, 0.1) is 0 Å². The molecule has 1 saturated carbocycles. The fraction of sp³-hybridized carbons (Fsp3) is 0.933. The van der Waals surface area contributed by atoms with Crippen molar-refractivity contribution in [1.82, 2.24) is 8.61 Å². The summed E-state index contributed by atoms with van der Waals surface area (Å²) in [7, 11) is -1.67. The summed E-state index contributed by atoms with van der Waals surface area (Å²) in [6.07, 6.45) is 5.82. The highest BCUT2D eigenvalue weighted by Crippen LogP contribution is 2.31. The SMILES string of the molecule is CC(CC(=O)O)C1CCN(S(=O)(=O)N(C)C2CCCC2)CC1. The number of hydrogen-bond donors (Lipinski definition) is 1. The van der Waals surface area contributed by atoms with E-state index in [-0.39, 0.29) is 18.4 Å². The maximum Gasteiger partial charge on any atom is 0.303 e. The second-order valence-electron chi connectivity index (χ2n) is 6.77. The molecule has 0 radical (unpaired) electrons. The maximum atomic E-state index is 12.7.